The molecule has 2 heterocycles. The number of hydrogen-bond donors (Lipinski definition) is 1. The summed E-state index contributed by atoms with van der Waals surface area (Å²) in [7, 11) is 1.87. The molecule has 0 fully saturated rings. The second kappa shape index (κ2) is 8.59. The van der Waals surface area contributed by atoms with E-state index in [1.165, 1.54) is 11.8 Å². The molecule has 0 radical (unpaired) electrons. The van der Waals surface area contributed by atoms with Crippen LogP contribution in [0.15, 0.2) is 40.1 Å². The van der Waals surface area contributed by atoms with Crippen molar-refractivity contribution in [3.8, 4) is 11.4 Å². The van der Waals surface area contributed by atoms with Crippen LogP contribution in [0.4, 0.5) is 0 Å². The van der Waals surface area contributed by atoms with Crippen molar-refractivity contribution < 1.29 is 9.21 Å². The molecule has 1 N–H and O–H groups in total. The van der Waals surface area contributed by atoms with E-state index >= 15 is 0 Å². The van der Waals surface area contributed by atoms with Crippen LogP contribution in [0.1, 0.15) is 31.2 Å². The topological polar surface area (TPSA) is 72.9 Å². The minimum Gasteiger partial charge on any atom is -0.469 e. The second-order valence-corrected chi connectivity index (χ2v) is 8.56. The number of thioether (sulfide) groups is 1. The molecular formula is C19H20Cl2N4O2S. The van der Waals surface area contributed by atoms with E-state index in [-0.39, 0.29) is 17.2 Å². The van der Waals surface area contributed by atoms with E-state index in [0.29, 0.717) is 21.0 Å². The highest BCUT2D eigenvalue weighted by Gasteiger charge is 2.22. The summed E-state index contributed by atoms with van der Waals surface area (Å²) >= 11 is 13.5. The molecule has 6 nitrogen and oxygen atoms in total. The number of halogens is 2. The molecule has 148 valence electrons. The average Bonchev–Trinajstić information content (AvgIpc) is 3.20. The van der Waals surface area contributed by atoms with Crippen LogP contribution in [0.5, 0.6) is 0 Å². The number of rotatable bonds is 6. The van der Waals surface area contributed by atoms with Gasteiger partial charge >= 0.3 is 0 Å². The molecule has 28 heavy (non-hydrogen) atoms. The molecule has 9 heteroatoms. The van der Waals surface area contributed by atoms with Crippen molar-refractivity contribution >= 4 is 40.9 Å². The van der Waals surface area contributed by atoms with Gasteiger partial charge in [-0.15, -0.1) is 10.2 Å². The molecule has 3 aromatic rings. The van der Waals surface area contributed by atoms with E-state index < -0.39 is 0 Å². The highest BCUT2D eigenvalue weighted by molar-refractivity contribution is 8.00. The highest BCUT2D eigenvalue weighted by Crippen LogP contribution is 2.29. The molecule has 0 spiro atoms. The first-order valence-electron chi connectivity index (χ1n) is 8.63. The summed E-state index contributed by atoms with van der Waals surface area (Å²) in [6, 6.07) is 6.83. The first kappa shape index (κ1) is 20.8. The predicted molar refractivity (Wildman–Crippen MR) is 112 cm³/mol. The lowest BCUT2D eigenvalue weighted by Crippen LogP contribution is -2.33. The Morgan fingerprint density at radius 1 is 1.25 bits per heavy atom. The van der Waals surface area contributed by atoms with Crippen molar-refractivity contribution in [3.63, 3.8) is 0 Å². The van der Waals surface area contributed by atoms with Gasteiger partial charge in [0.15, 0.2) is 11.0 Å². The van der Waals surface area contributed by atoms with Gasteiger partial charge in [0.25, 0.3) is 0 Å². The van der Waals surface area contributed by atoms with Crippen molar-refractivity contribution in [2.45, 2.75) is 37.2 Å². The number of nitrogens with one attached hydrogen (secondary N) is 1. The second-order valence-electron chi connectivity index (χ2n) is 6.41. The normalized spacial score (nSPS) is 13.4. The van der Waals surface area contributed by atoms with E-state index in [0.717, 1.165) is 16.9 Å². The predicted octanol–water partition coefficient (Wildman–Crippen LogP) is 5.05. The molecule has 1 amide bonds. The van der Waals surface area contributed by atoms with E-state index in [9.17, 15) is 4.79 Å². The van der Waals surface area contributed by atoms with Gasteiger partial charge in [0.05, 0.1) is 23.1 Å². The van der Waals surface area contributed by atoms with Gasteiger partial charge in [0, 0.05) is 17.1 Å². The zero-order valence-electron chi connectivity index (χ0n) is 15.9. The van der Waals surface area contributed by atoms with Crippen molar-refractivity contribution in [1.82, 2.24) is 20.1 Å². The highest BCUT2D eigenvalue weighted by atomic mass is 35.5. The molecule has 0 aliphatic carbocycles. The van der Waals surface area contributed by atoms with Gasteiger partial charge in [-0.2, -0.15) is 0 Å². The van der Waals surface area contributed by atoms with Crippen LogP contribution in [-0.4, -0.2) is 25.9 Å². The minimum atomic E-state index is -0.366. The van der Waals surface area contributed by atoms with Gasteiger partial charge in [-0.05, 0) is 44.5 Å². The minimum absolute atomic E-state index is 0.118. The van der Waals surface area contributed by atoms with Crippen LogP contribution in [0, 0.1) is 6.92 Å². The maximum absolute atomic E-state index is 12.6. The van der Waals surface area contributed by atoms with Gasteiger partial charge in [-0.25, -0.2) is 0 Å². The molecular weight excluding hydrogens is 419 g/mol. The van der Waals surface area contributed by atoms with Crippen LogP contribution < -0.4 is 5.32 Å². The van der Waals surface area contributed by atoms with Crippen LogP contribution in [-0.2, 0) is 11.8 Å². The number of carbonyl (C=O) groups excluding carboxylic acids is 1. The molecule has 0 aliphatic rings. The maximum atomic E-state index is 12.6. The number of aromatic nitrogens is 3. The summed E-state index contributed by atoms with van der Waals surface area (Å²) in [5, 5.41) is 12.8. The van der Waals surface area contributed by atoms with Crippen LogP contribution in [0.3, 0.4) is 0 Å². The molecule has 3 rings (SSSR count). The maximum Gasteiger partial charge on any atom is 0.233 e. The van der Waals surface area contributed by atoms with Crippen molar-refractivity contribution in [2.24, 2.45) is 7.05 Å². The third kappa shape index (κ3) is 4.37. The van der Waals surface area contributed by atoms with E-state index in [1.54, 1.807) is 18.4 Å². The van der Waals surface area contributed by atoms with Gasteiger partial charge < -0.3 is 14.3 Å². The van der Waals surface area contributed by atoms with Gasteiger partial charge in [-0.3, -0.25) is 4.79 Å². The summed E-state index contributed by atoms with van der Waals surface area (Å²) in [4.78, 5) is 12.6. The van der Waals surface area contributed by atoms with Crippen LogP contribution >= 0.6 is 35.0 Å². The Balaban J connectivity index is 1.68. The molecule has 1 aromatic carbocycles. The zero-order chi connectivity index (χ0) is 20.4. The van der Waals surface area contributed by atoms with Gasteiger partial charge in [-0.1, -0.05) is 41.0 Å². The molecule has 0 saturated carbocycles. The fourth-order valence-electron chi connectivity index (χ4n) is 2.74. The Kier molecular flexibility index (Phi) is 6.37. The number of aryl methyl sites for hydroxylation is 1. The average molecular weight is 439 g/mol. The Morgan fingerprint density at radius 3 is 2.64 bits per heavy atom. The summed E-state index contributed by atoms with van der Waals surface area (Å²) in [6.07, 6.45) is 1.62. The Morgan fingerprint density at radius 2 is 2.00 bits per heavy atom. The lowest BCUT2D eigenvalue weighted by molar-refractivity contribution is -0.120. The number of amides is 1. The van der Waals surface area contributed by atoms with Crippen molar-refractivity contribution in [3.05, 3.63) is 51.9 Å². The lowest BCUT2D eigenvalue weighted by atomic mass is 10.1. The molecule has 0 bridgehead atoms. The SMILES string of the molecule is Cc1occc1-c1nnc(S[C@H](C)C(=O)N[C@H](C)c2ccc(Cl)cc2Cl)n1C. The fourth-order valence-corrected chi connectivity index (χ4v) is 4.14. The van der Waals surface area contributed by atoms with Crippen LogP contribution in [0.2, 0.25) is 10.0 Å². The monoisotopic (exact) mass is 438 g/mol. The van der Waals surface area contributed by atoms with Crippen molar-refractivity contribution in [2.75, 3.05) is 0 Å². The van der Waals surface area contributed by atoms with Gasteiger partial charge in [0.1, 0.15) is 5.76 Å². The van der Waals surface area contributed by atoms with Gasteiger partial charge in [0.2, 0.25) is 5.91 Å². The third-order valence-electron chi connectivity index (χ3n) is 4.37. The first-order valence-corrected chi connectivity index (χ1v) is 10.3. The molecule has 0 unspecified atom stereocenters. The van der Waals surface area contributed by atoms with E-state index in [4.69, 9.17) is 27.6 Å². The Labute approximate surface area is 177 Å². The van der Waals surface area contributed by atoms with E-state index in [2.05, 4.69) is 15.5 Å². The summed E-state index contributed by atoms with van der Waals surface area (Å²) < 4.78 is 7.19. The standard InChI is InChI=1S/C19H20Cl2N4O2S/c1-10(14-6-5-13(20)9-16(14)21)22-18(26)12(3)28-19-24-23-17(25(19)4)15-7-8-27-11(15)2/h5-10,12H,1-4H3,(H,22,26)/t10-,12-/m1/s1. The number of nitrogens with zero attached hydrogens (tertiary/aromatic N) is 3. The number of carbonyl (C=O) groups is 1. The lowest BCUT2D eigenvalue weighted by Gasteiger charge is -2.18. The Hall–Kier alpha value is -1.96. The summed E-state index contributed by atoms with van der Waals surface area (Å²) in [6.45, 7) is 5.58. The number of benzene rings is 1. The largest absolute Gasteiger partial charge is 0.469 e. The van der Waals surface area contributed by atoms with Crippen molar-refractivity contribution in [1.29, 1.82) is 0 Å². The summed E-state index contributed by atoms with van der Waals surface area (Å²) in [5.41, 5.74) is 1.69. The molecule has 2 atom stereocenters. The quantitative estimate of drug-likeness (QED) is 0.545. The Bertz CT molecular complexity index is 1000. The number of hydrogen-bond acceptors (Lipinski definition) is 5. The fraction of sp³-hybridized carbons (Fsp3) is 0.316. The third-order valence-corrected chi connectivity index (χ3v) is 6.07. The zero-order valence-corrected chi connectivity index (χ0v) is 18.2. The first-order chi connectivity index (χ1) is 13.3. The molecule has 0 saturated heterocycles. The summed E-state index contributed by atoms with van der Waals surface area (Å²) in [5.74, 6) is 1.35. The molecule has 2 aromatic heterocycles. The molecule has 0 aliphatic heterocycles. The van der Waals surface area contributed by atoms with Crippen LogP contribution in [0.25, 0.3) is 11.4 Å². The van der Waals surface area contributed by atoms with E-state index in [1.807, 2.05) is 44.5 Å². The number of furan rings is 1. The smallest absolute Gasteiger partial charge is 0.233 e.